The van der Waals surface area contributed by atoms with Crippen molar-refractivity contribution in [3.05, 3.63) is 23.5 Å². The second-order valence-corrected chi connectivity index (χ2v) is 5.10. The Kier molecular flexibility index (Phi) is 4.22. The lowest BCUT2D eigenvalue weighted by molar-refractivity contribution is -0.132. The number of carbonyl (C=O) groups excluding carboxylic acids is 2. The first-order valence-electron chi connectivity index (χ1n) is 6.70. The van der Waals surface area contributed by atoms with Crippen LogP contribution >= 0.6 is 0 Å². The van der Waals surface area contributed by atoms with Crippen molar-refractivity contribution in [3.8, 4) is 0 Å². The van der Waals surface area contributed by atoms with Crippen LogP contribution in [0.15, 0.2) is 12.3 Å². The summed E-state index contributed by atoms with van der Waals surface area (Å²) in [5.41, 5.74) is 2.14. The summed E-state index contributed by atoms with van der Waals surface area (Å²) in [5, 5.41) is 5.97. The zero-order valence-electron chi connectivity index (χ0n) is 12.1. The van der Waals surface area contributed by atoms with Crippen molar-refractivity contribution in [1.82, 2.24) is 15.2 Å². The Labute approximate surface area is 118 Å². The highest BCUT2D eigenvalue weighted by molar-refractivity contribution is 5.99. The average molecular weight is 276 g/mol. The molecule has 1 fully saturated rings. The maximum absolute atomic E-state index is 12.3. The molecule has 1 aromatic heterocycles. The van der Waals surface area contributed by atoms with E-state index >= 15 is 0 Å². The third kappa shape index (κ3) is 3.07. The summed E-state index contributed by atoms with van der Waals surface area (Å²) in [6.07, 6.45) is 2.74. The Bertz CT molecular complexity index is 530. The fourth-order valence-corrected chi connectivity index (χ4v) is 2.34. The Hall–Kier alpha value is -2.11. The van der Waals surface area contributed by atoms with Gasteiger partial charge in [0.25, 0.3) is 5.91 Å². The van der Waals surface area contributed by atoms with Gasteiger partial charge in [0.2, 0.25) is 5.91 Å². The van der Waals surface area contributed by atoms with Crippen molar-refractivity contribution in [3.63, 3.8) is 0 Å². The van der Waals surface area contributed by atoms with Crippen LogP contribution in [0, 0.1) is 6.92 Å². The molecule has 6 nitrogen and oxygen atoms in total. The molecular weight excluding hydrogens is 256 g/mol. The highest BCUT2D eigenvalue weighted by Crippen LogP contribution is 2.16. The molecule has 2 amide bonds. The number of pyridine rings is 1. The van der Waals surface area contributed by atoms with Gasteiger partial charge in [-0.15, -0.1) is 0 Å². The van der Waals surface area contributed by atoms with Gasteiger partial charge in [0, 0.05) is 45.0 Å². The maximum Gasteiger partial charge on any atom is 0.255 e. The van der Waals surface area contributed by atoms with Crippen molar-refractivity contribution in [2.75, 3.05) is 26.0 Å². The van der Waals surface area contributed by atoms with Crippen molar-refractivity contribution < 1.29 is 9.59 Å². The molecule has 0 saturated carbocycles. The van der Waals surface area contributed by atoms with Gasteiger partial charge in [-0.2, -0.15) is 0 Å². The van der Waals surface area contributed by atoms with Crippen molar-refractivity contribution in [2.45, 2.75) is 25.8 Å². The van der Waals surface area contributed by atoms with Gasteiger partial charge in [0.1, 0.15) is 0 Å². The van der Waals surface area contributed by atoms with Gasteiger partial charge in [-0.25, -0.2) is 0 Å². The Balaban J connectivity index is 2.07. The smallest absolute Gasteiger partial charge is 0.255 e. The van der Waals surface area contributed by atoms with Crippen LogP contribution in [0.5, 0.6) is 0 Å². The Morgan fingerprint density at radius 1 is 1.50 bits per heavy atom. The number of aromatic nitrogens is 1. The van der Waals surface area contributed by atoms with E-state index in [9.17, 15) is 9.59 Å². The van der Waals surface area contributed by atoms with E-state index < -0.39 is 0 Å². The zero-order chi connectivity index (χ0) is 14.7. The molecule has 2 N–H and O–H groups in total. The van der Waals surface area contributed by atoms with Crippen molar-refractivity contribution in [2.24, 2.45) is 0 Å². The van der Waals surface area contributed by atoms with Crippen LogP contribution in [-0.4, -0.2) is 48.4 Å². The highest BCUT2D eigenvalue weighted by atomic mass is 16.2. The Morgan fingerprint density at radius 3 is 2.90 bits per heavy atom. The van der Waals surface area contributed by atoms with Crippen LogP contribution in [-0.2, 0) is 4.79 Å². The topological polar surface area (TPSA) is 74.3 Å². The predicted octanol–water partition coefficient (Wildman–Crippen LogP) is 0.782. The molecule has 0 bridgehead atoms. The third-order valence-electron chi connectivity index (χ3n) is 3.52. The summed E-state index contributed by atoms with van der Waals surface area (Å²) in [7, 11) is 3.53. The van der Waals surface area contributed by atoms with Crippen LogP contribution in [0.4, 0.5) is 5.69 Å². The molecule has 1 atom stereocenters. The molecule has 20 heavy (non-hydrogen) atoms. The largest absolute Gasteiger partial charge is 0.387 e. The van der Waals surface area contributed by atoms with Gasteiger partial charge in [-0.05, 0) is 19.4 Å². The number of carbonyl (C=O) groups is 2. The van der Waals surface area contributed by atoms with Crippen molar-refractivity contribution in [1.29, 1.82) is 0 Å². The maximum atomic E-state index is 12.3. The number of hydrogen-bond acceptors (Lipinski definition) is 4. The monoisotopic (exact) mass is 276 g/mol. The van der Waals surface area contributed by atoms with E-state index in [0.717, 1.165) is 11.4 Å². The van der Waals surface area contributed by atoms with Crippen LogP contribution in [0.1, 0.15) is 28.9 Å². The molecule has 1 aliphatic heterocycles. The molecule has 108 valence electrons. The summed E-state index contributed by atoms with van der Waals surface area (Å²) in [5.74, 6) is -0.0296. The minimum absolute atomic E-state index is 0.00351. The van der Waals surface area contributed by atoms with E-state index in [-0.39, 0.29) is 17.9 Å². The quantitative estimate of drug-likeness (QED) is 0.855. The summed E-state index contributed by atoms with van der Waals surface area (Å²) in [6.45, 7) is 2.43. The standard InChI is InChI=1S/C14H20N4O2/c1-9-6-12(15-2)11(7-16-9)14(20)17-10-4-5-13(19)18(3)8-10/h6-7,10H,4-5,8H2,1-3H3,(H,15,16)(H,17,20). The van der Waals surface area contributed by atoms with Crippen molar-refractivity contribution >= 4 is 17.5 Å². The number of likely N-dealkylation sites (tertiary alicyclic amines) is 1. The number of nitrogens with one attached hydrogen (secondary N) is 2. The molecule has 0 radical (unpaired) electrons. The fraction of sp³-hybridized carbons (Fsp3) is 0.500. The summed E-state index contributed by atoms with van der Waals surface area (Å²) >= 11 is 0. The summed E-state index contributed by atoms with van der Waals surface area (Å²) < 4.78 is 0. The lowest BCUT2D eigenvalue weighted by Crippen LogP contribution is -2.48. The second-order valence-electron chi connectivity index (χ2n) is 5.10. The van der Waals surface area contributed by atoms with Crippen LogP contribution in [0.3, 0.4) is 0 Å². The SMILES string of the molecule is CNc1cc(C)ncc1C(=O)NC1CCC(=O)N(C)C1. The number of rotatable bonds is 3. The Morgan fingerprint density at radius 2 is 2.25 bits per heavy atom. The molecule has 0 spiro atoms. The molecular formula is C14H20N4O2. The first-order valence-corrected chi connectivity index (χ1v) is 6.70. The minimum Gasteiger partial charge on any atom is -0.387 e. The van der Waals surface area contributed by atoms with Gasteiger partial charge in [-0.3, -0.25) is 14.6 Å². The second kappa shape index (κ2) is 5.90. The van der Waals surface area contributed by atoms with E-state index in [1.165, 1.54) is 0 Å². The number of amides is 2. The first-order chi connectivity index (χ1) is 9.51. The van der Waals surface area contributed by atoms with Crippen LogP contribution < -0.4 is 10.6 Å². The molecule has 1 unspecified atom stereocenters. The van der Waals surface area contributed by atoms with E-state index in [1.54, 1.807) is 25.2 Å². The zero-order valence-corrected chi connectivity index (χ0v) is 12.1. The predicted molar refractivity (Wildman–Crippen MR) is 76.6 cm³/mol. The average Bonchev–Trinajstić information content (AvgIpc) is 2.42. The lowest BCUT2D eigenvalue weighted by Gasteiger charge is -2.30. The normalized spacial score (nSPS) is 18.9. The molecule has 1 aromatic rings. The molecule has 1 saturated heterocycles. The molecule has 0 aromatic carbocycles. The van der Waals surface area contributed by atoms with Crippen LogP contribution in [0.2, 0.25) is 0 Å². The number of likely N-dealkylation sites (N-methyl/N-ethyl adjacent to an activating group) is 1. The highest BCUT2D eigenvalue weighted by Gasteiger charge is 2.25. The van der Waals surface area contributed by atoms with Gasteiger partial charge in [-0.1, -0.05) is 0 Å². The molecule has 1 aliphatic rings. The van der Waals surface area contributed by atoms with Gasteiger partial charge in [0.05, 0.1) is 11.3 Å². The molecule has 0 aliphatic carbocycles. The number of nitrogens with zero attached hydrogens (tertiary/aromatic N) is 2. The first kappa shape index (κ1) is 14.3. The molecule has 2 heterocycles. The number of aryl methyl sites for hydroxylation is 1. The lowest BCUT2D eigenvalue weighted by atomic mass is 10.0. The van der Waals surface area contributed by atoms with Crippen LogP contribution in [0.25, 0.3) is 0 Å². The van der Waals surface area contributed by atoms with Gasteiger partial charge in [0.15, 0.2) is 0 Å². The third-order valence-corrected chi connectivity index (χ3v) is 3.52. The molecule has 2 rings (SSSR count). The number of anilines is 1. The fourth-order valence-electron chi connectivity index (χ4n) is 2.34. The summed E-state index contributed by atoms with van der Waals surface area (Å²) in [4.78, 5) is 29.5. The van der Waals surface area contributed by atoms with Gasteiger partial charge < -0.3 is 15.5 Å². The van der Waals surface area contributed by atoms with E-state index in [2.05, 4.69) is 15.6 Å². The number of hydrogen-bond donors (Lipinski definition) is 2. The minimum atomic E-state index is -0.158. The van der Waals surface area contributed by atoms with E-state index in [0.29, 0.717) is 24.9 Å². The van der Waals surface area contributed by atoms with E-state index in [4.69, 9.17) is 0 Å². The van der Waals surface area contributed by atoms with E-state index in [1.807, 2.05) is 13.0 Å². The van der Waals surface area contributed by atoms with Gasteiger partial charge >= 0.3 is 0 Å². The summed E-state index contributed by atoms with van der Waals surface area (Å²) in [6, 6.07) is 1.84. The number of piperidine rings is 1. The molecule has 6 heteroatoms.